The highest BCUT2D eigenvalue weighted by molar-refractivity contribution is 6.42. The molecule has 0 saturated carbocycles. The minimum absolute atomic E-state index is 0.0160. The Morgan fingerprint density at radius 1 is 1.08 bits per heavy atom. The number of rotatable bonds is 9. The number of amides is 2. The first-order valence-electron chi connectivity index (χ1n) is 13.4. The van der Waals surface area contributed by atoms with Gasteiger partial charge in [-0.2, -0.15) is 0 Å². The third-order valence-corrected chi connectivity index (χ3v) is 8.61. The second-order valence-electron chi connectivity index (χ2n) is 11.0. The zero-order valence-corrected chi connectivity index (χ0v) is 24.3. The first-order chi connectivity index (χ1) is 18.1. The fourth-order valence-electron chi connectivity index (χ4n) is 5.68. The van der Waals surface area contributed by atoms with Crippen LogP contribution in [0, 0.1) is 5.92 Å². The largest absolute Gasteiger partial charge is 0.350 e. The van der Waals surface area contributed by atoms with Crippen LogP contribution in [-0.2, 0) is 22.6 Å². The summed E-state index contributed by atoms with van der Waals surface area (Å²) in [5, 5.41) is 4.68. The maximum atomic E-state index is 13.9. The van der Waals surface area contributed by atoms with Crippen LogP contribution in [0.3, 0.4) is 0 Å². The van der Waals surface area contributed by atoms with Gasteiger partial charge in [0.05, 0.1) is 16.1 Å². The predicted octanol–water partition coefficient (Wildman–Crippen LogP) is 5.31. The van der Waals surface area contributed by atoms with E-state index >= 15 is 0 Å². The molecule has 206 valence electrons. The van der Waals surface area contributed by atoms with Crippen molar-refractivity contribution in [3.05, 3.63) is 68.7 Å². The summed E-state index contributed by atoms with van der Waals surface area (Å²) in [4.78, 5) is 31.6. The number of carbonyl (C=O) groups excluding carboxylic acids is 2. The smallest absolute Gasteiger partial charge is 0.243 e. The molecule has 2 aliphatic heterocycles. The second kappa shape index (κ2) is 13.0. The first kappa shape index (κ1) is 29.2. The molecule has 2 aromatic rings. The number of nitrogens with two attached hydrogens (primary N) is 1. The average Bonchev–Trinajstić information content (AvgIpc) is 3.22. The number of fused-ring (bicyclic) bond motifs is 1. The minimum Gasteiger partial charge on any atom is -0.350 e. The van der Waals surface area contributed by atoms with Crippen molar-refractivity contribution in [2.24, 2.45) is 11.7 Å². The quantitative estimate of drug-likeness (QED) is 0.422. The van der Waals surface area contributed by atoms with E-state index in [1.807, 2.05) is 23.1 Å². The van der Waals surface area contributed by atoms with Gasteiger partial charge in [0.2, 0.25) is 11.8 Å². The van der Waals surface area contributed by atoms with Crippen LogP contribution in [0.2, 0.25) is 15.1 Å². The summed E-state index contributed by atoms with van der Waals surface area (Å²) in [6.07, 6.45) is 3.83. The highest BCUT2D eigenvalue weighted by atomic mass is 35.5. The van der Waals surface area contributed by atoms with Gasteiger partial charge in [-0.15, -0.1) is 0 Å². The van der Waals surface area contributed by atoms with Crippen molar-refractivity contribution < 1.29 is 9.59 Å². The normalized spacial score (nSPS) is 22.9. The number of hydrogen-bond donors (Lipinski definition) is 2. The van der Waals surface area contributed by atoms with Crippen LogP contribution in [0.5, 0.6) is 0 Å². The molecule has 6 nitrogen and oxygen atoms in total. The van der Waals surface area contributed by atoms with E-state index in [2.05, 4.69) is 36.2 Å². The number of halogens is 3. The zero-order chi connectivity index (χ0) is 27.4. The Morgan fingerprint density at radius 2 is 1.79 bits per heavy atom. The van der Waals surface area contributed by atoms with E-state index in [1.54, 1.807) is 12.1 Å². The highest BCUT2D eigenvalue weighted by Crippen LogP contribution is 2.31. The van der Waals surface area contributed by atoms with Crippen molar-refractivity contribution >= 4 is 46.6 Å². The molecule has 0 aromatic heterocycles. The molecule has 38 heavy (non-hydrogen) atoms. The molecule has 0 spiro atoms. The average molecular weight is 580 g/mol. The van der Waals surface area contributed by atoms with E-state index in [4.69, 9.17) is 40.5 Å². The Morgan fingerprint density at radius 3 is 2.47 bits per heavy atom. The monoisotopic (exact) mass is 578 g/mol. The number of aryl methyl sites for hydroxylation is 1. The van der Waals surface area contributed by atoms with Crippen molar-refractivity contribution in [1.82, 2.24) is 15.1 Å². The molecule has 2 aliphatic rings. The Hall–Kier alpha value is -1.83. The summed E-state index contributed by atoms with van der Waals surface area (Å²) in [5.74, 6) is 0.114. The Balaban J connectivity index is 1.49. The van der Waals surface area contributed by atoms with Crippen LogP contribution in [0.4, 0.5) is 0 Å². The van der Waals surface area contributed by atoms with Gasteiger partial charge in [0.25, 0.3) is 0 Å². The molecule has 0 bridgehead atoms. The third-order valence-electron chi connectivity index (χ3n) is 7.62. The molecule has 0 aliphatic carbocycles. The van der Waals surface area contributed by atoms with Crippen molar-refractivity contribution in [2.75, 3.05) is 13.1 Å². The van der Waals surface area contributed by atoms with E-state index in [0.29, 0.717) is 42.5 Å². The van der Waals surface area contributed by atoms with Crippen LogP contribution in [-0.4, -0.2) is 58.9 Å². The molecule has 4 atom stereocenters. The van der Waals surface area contributed by atoms with Gasteiger partial charge >= 0.3 is 0 Å². The summed E-state index contributed by atoms with van der Waals surface area (Å²) in [6, 6.07) is 12.6. The maximum absolute atomic E-state index is 13.9. The molecule has 4 rings (SSSR count). The van der Waals surface area contributed by atoms with E-state index < -0.39 is 6.04 Å². The molecule has 2 amide bonds. The third kappa shape index (κ3) is 7.22. The Kier molecular flexibility index (Phi) is 9.99. The van der Waals surface area contributed by atoms with E-state index in [-0.39, 0.29) is 35.9 Å². The van der Waals surface area contributed by atoms with Crippen LogP contribution in [0.25, 0.3) is 0 Å². The molecule has 2 aromatic carbocycles. The summed E-state index contributed by atoms with van der Waals surface area (Å²) in [7, 11) is 0. The number of hydrogen-bond acceptors (Lipinski definition) is 4. The fourth-order valence-corrected chi connectivity index (χ4v) is 6.13. The molecular formula is C29H37Cl3N4O2. The second-order valence-corrected chi connectivity index (χ2v) is 12.2. The van der Waals surface area contributed by atoms with Crippen molar-refractivity contribution in [3.63, 3.8) is 0 Å². The van der Waals surface area contributed by atoms with Gasteiger partial charge in [-0.25, -0.2) is 0 Å². The van der Waals surface area contributed by atoms with Gasteiger partial charge in [-0.1, -0.05) is 66.8 Å². The zero-order valence-electron chi connectivity index (χ0n) is 22.0. The molecular weight excluding hydrogens is 543 g/mol. The fraction of sp³-hybridized carbons (Fsp3) is 0.517. The molecule has 2 fully saturated rings. The van der Waals surface area contributed by atoms with Gasteiger partial charge in [-0.3, -0.25) is 14.5 Å². The predicted molar refractivity (Wildman–Crippen MR) is 155 cm³/mol. The standard InChI is InChI=1S/C29H37Cl3N4O2/c1-18(2)13-26(28(37)34-16-20-6-10-24(31)25(32)14-20)35-12-11-23(9-5-19-3-7-21(30)8-4-19)36-17-22(33)15-27(36)29(35)38/h3-4,6-8,10,14,18,22-23,26-27H,5,9,11-13,15-17,33H2,1-2H3,(H,34,37)/t22-,23?,26-,27+/m1/s1. The van der Waals surface area contributed by atoms with Crippen LogP contribution in [0.1, 0.15) is 50.7 Å². The Labute approximate surface area is 240 Å². The molecule has 2 saturated heterocycles. The number of benzene rings is 2. The van der Waals surface area contributed by atoms with E-state index in [9.17, 15) is 9.59 Å². The number of nitrogens with zero attached hydrogens (tertiary/aromatic N) is 2. The lowest BCUT2D eigenvalue weighted by Gasteiger charge is -2.33. The molecule has 3 N–H and O–H groups in total. The van der Waals surface area contributed by atoms with E-state index in [1.165, 1.54) is 5.56 Å². The number of nitrogens with one attached hydrogen (secondary N) is 1. The first-order valence-corrected chi connectivity index (χ1v) is 14.5. The van der Waals surface area contributed by atoms with Crippen LogP contribution >= 0.6 is 34.8 Å². The van der Waals surface area contributed by atoms with Crippen molar-refractivity contribution in [1.29, 1.82) is 0 Å². The lowest BCUT2D eigenvalue weighted by Crippen LogP contribution is -2.53. The van der Waals surface area contributed by atoms with Crippen molar-refractivity contribution in [3.8, 4) is 0 Å². The van der Waals surface area contributed by atoms with Gasteiger partial charge in [0.15, 0.2) is 0 Å². The minimum atomic E-state index is -0.543. The van der Waals surface area contributed by atoms with Crippen molar-refractivity contribution in [2.45, 2.75) is 76.7 Å². The molecule has 2 heterocycles. The van der Waals surface area contributed by atoms with Crippen LogP contribution < -0.4 is 11.1 Å². The van der Waals surface area contributed by atoms with Gasteiger partial charge in [0.1, 0.15) is 6.04 Å². The summed E-state index contributed by atoms with van der Waals surface area (Å²) < 4.78 is 0. The summed E-state index contributed by atoms with van der Waals surface area (Å²) in [5.41, 5.74) is 8.44. The lowest BCUT2D eigenvalue weighted by molar-refractivity contribution is -0.143. The van der Waals surface area contributed by atoms with Crippen LogP contribution in [0.15, 0.2) is 42.5 Å². The van der Waals surface area contributed by atoms with Gasteiger partial charge < -0.3 is 16.0 Å². The number of carbonyl (C=O) groups is 2. The lowest BCUT2D eigenvalue weighted by atomic mass is 9.99. The van der Waals surface area contributed by atoms with Gasteiger partial charge in [0, 0.05) is 36.7 Å². The molecule has 1 unspecified atom stereocenters. The van der Waals surface area contributed by atoms with E-state index in [0.717, 1.165) is 29.8 Å². The topological polar surface area (TPSA) is 78.7 Å². The Bertz CT molecular complexity index is 1130. The SMILES string of the molecule is CC(C)C[C@H](C(=O)NCc1ccc(Cl)c(Cl)c1)N1CCC(CCc2ccc(Cl)cc2)N2C[C@H](N)C[C@H]2C1=O. The molecule has 9 heteroatoms. The van der Waals surface area contributed by atoms with Gasteiger partial charge in [-0.05, 0) is 73.4 Å². The summed E-state index contributed by atoms with van der Waals surface area (Å²) in [6.45, 7) is 5.72. The molecule has 0 radical (unpaired) electrons. The highest BCUT2D eigenvalue weighted by Gasteiger charge is 2.45. The summed E-state index contributed by atoms with van der Waals surface area (Å²) >= 11 is 18.2. The maximum Gasteiger partial charge on any atom is 0.243 e.